The van der Waals surface area contributed by atoms with Crippen molar-refractivity contribution in [3.8, 4) is 11.3 Å². The molecule has 0 spiro atoms. The van der Waals surface area contributed by atoms with E-state index in [4.69, 9.17) is 0 Å². The van der Waals surface area contributed by atoms with E-state index in [2.05, 4.69) is 15.0 Å². The number of fused-ring (bicyclic) bond motifs is 1. The van der Waals surface area contributed by atoms with Crippen LogP contribution in [0.15, 0.2) is 50.8 Å². The van der Waals surface area contributed by atoms with E-state index in [1.165, 1.54) is 6.07 Å². The van der Waals surface area contributed by atoms with Gasteiger partial charge in [0.1, 0.15) is 11.0 Å². The van der Waals surface area contributed by atoms with E-state index in [1.54, 1.807) is 0 Å². The molecule has 0 aliphatic heterocycles. The number of hydrogen-bond donors (Lipinski definition) is 3. The van der Waals surface area contributed by atoms with Crippen LogP contribution in [0, 0.1) is 0 Å². The number of aromatic amines is 3. The van der Waals surface area contributed by atoms with Crippen molar-refractivity contribution >= 4 is 11.0 Å². The molecular weight excluding hydrogens is 246 g/mol. The second-order valence-electron chi connectivity index (χ2n) is 4.07. The van der Waals surface area contributed by atoms with E-state index in [1.807, 2.05) is 30.3 Å². The Morgan fingerprint density at radius 1 is 0.789 bits per heavy atom. The van der Waals surface area contributed by atoms with Crippen molar-refractivity contribution in [1.82, 2.24) is 15.0 Å². The summed E-state index contributed by atoms with van der Waals surface area (Å²) in [6.07, 6.45) is 0. The molecule has 0 aliphatic carbocycles. The summed E-state index contributed by atoms with van der Waals surface area (Å²) >= 11 is 0. The Hall–Kier alpha value is -2.89. The zero-order valence-corrected chi connectivity index (χ0v) is 9.69. The van der Waals surface area contributed by atoms with Gasteiger partial charge in [0.25, 0.3) is 5.56 Å². The number of H-pyrrole nitrogens is 3. The fourth-order valence-corrected chi connectivity index (χ4v) is 1.94. The molecule has 0 atom stereocenters. The second kappa shape index (κ2) is 4.09. The van der Waals surface area contributed by atoms with Gasteiger partial charge in [-0.3, -0.25) is 14.6 Å². The molecule has 0 bridgehead atoms. The Kier molecular flexibility index (Phi) is 2.42. The van der Waals surface area contributed by atoms with E-state index < -0.39 is 16.7 Å². The van der Waals surface area contributed by atoms with Crippen LogP contribution in [0.1, 0.15) is 0 Å². The maximum absolute atomic E-state index is 11.9. The van der Waals surface area contributed by atoms with Crippen molar-refractivity contribution in [1.29, 1.82) is 0 Å². The summed E-state index contributed by atoms with van der Waals surface area (Å²) < 4.78 is 0. The van der Waals surface area contributed by atoms with E-state index >= 15 is 0 Å². The van der Waals surface area contributed by atoms with Gasteiger partial charge in [-0.2, -0.15) is 0 Å². The third kappa shape index (κ3) is 1.89. The summed E-state index contributed by atoms with van der Waals surface area (Å²) in [7, 11) is 0. The highest BCUT2D eigenvalue weighted by atomic mass is 16.2. The molecule has 2 heterocycles. The molecule has 0 fully saturated rings. The molecule has 0 unspecified atom stereocenters. The molecule has 6 heteroatoms. The molecule has 3 N–H and O–H groups in total. The first-order chi connectivity index (χ1) is 9.15. The Labute approximate surface area is 105 Å². The number of aromatic nitrogens is 3. The van der Waals surface area contributed by atoms with Gasteiger partial charge in [0.15, 0.2) is 0 Å². The quantitative estimate of drug-likeness (QED) is 0.592. The molecule has 19 heavy (non-hydrogen) atoms. The van der Waals surface area contributed by atoms with Gasteiger partial charge in [-0.1, -0.05) is 30.3 Å². The van der Waals surface area contributed by atoms with Gasteiger partial charge in [-0.25, -0.2) is 4.79 Å². The number of rotatable bonds is 1. The SMILES string of the molecule is O=c1[nH]c(=O)c2[nH]c(-c3ccccc3)cc(=O)c2[nH]1. The molecule has 0 aliphatic rings. The fraction of sp³-hybridized carbons (Fsp3) is 0. The lowest BCUT2D eigenvalue weighted by atomic mass is 10.1. The van der Waals surface area contributed by atoms with Gasteiger partial charge < -0.3 is 9.97 Å². The smallest absolute Gasteiger partial charge is 0.326 e. The summed E-state index contributed by atoms with van der Waals surface area (Å²) in [5.74, 6) is 0. The van der Waals surface area contributed by atoms with Crippen LogP contribution in [0.5, 0.6) is 0 Å². The van der Waals surface area contributed by atoms with E-state index in [9.17, 15) is 14.4 Å². The molecule has 94 valence electrons. The predicted octanol–water partition coefficient (Wildman–Crippen LogP) is 0.572. The first-order valence-electron chi connectivity index (χ1n) is 5.60. The minimum absolute atomic E-state index is 0.0200. The van der Waals surface area contributed by atoms with Gasteiger partial charge in [-0.05, 0) is 5.56 Å². The third-order valence-corrected chi connectivity index (χ3v) is 2.81. The lowest BCUT2D eigenvalue weighted by Crippen LogP contribution is -2.26. The van der Waals surface area contributed by atoms with Gasteiger partial charge >= 0.3 is 5.69 Å². The van der Waals surface area contributed by atoms with E-state index in [0.717, 1.165) is 5.56 Å². The second-order valence-corrected chi connectivity index (χ2v) is 4.07. The molecule has 2 aromatic heterocycles. The van der Waals surface area contributed by atoms with Crippen LogP contribution in [-0.2, 0) is 0 Å². The molecule has 0 radical (unpaired) electrons. The molecule has 1 aromatic carbocycles. The Morgan fingerprint density at radius 2 is 1.53 bits per heavy atom. The first kappa shape index (κ1) is 11.2. The topological polar surface area (TPSA) is 98.6 Å². The molecule has 6 nitrogen and oxygen atoms in total. The normalized spacial score (nSPS) is 10.7. The zero-order chi connectivity index (χ0) is 13.4. The number of pyridine rings is 1. The van der Waals surface area contributed by atoms with Crippen molar-refractivity contribution in [2.75, 3.05) is 0 Å². The highest BCUT2D eigenvalue weighted by Gasteiger charge is 2.07. The molecule has 0 saturated carbocycles. The zero-order valence-electron chi connectivity index (χ0n) is 9.69. The summed E-state index contributed by atoms with van der Waals surface area (Å²) in [4.78, 5) is 42.0. The summed E-state index contributed by atoms with van der Waals surface area (Å²) in [5.41, 5.74) is -0.373. The minimum atomic E-state index is -0.699. The van der Waals surface area contributed by atoms with Crippen LogP contribution >= 0.6 is 0 Å². The van der Waals surface area contributed by atoms with E-state index in [0.29, 0.717) is 5.69 Å². The predicted molar refractivity (Wildman–Crippen MR) is 71.2 cm³/mol. The minimum Gasteiger partial charge on any atom is -0.349 e. The van der Waals surface area contributed by atoms with Gasteiger partial charge in [0.05, 0.1) is 0 Å². The number of benzene rings is 1. The third-order valence-electron chi connectivity index (χ3n) is 2.81. The molecular formula is C13H9N3O3. The standard InChI is InChI=1S/C13H9N3O3/c17-9-6-8(7-4-2-1-3-5-7)14-11-10(9)15-13(19)16-12(11)18/h1-6H,(H,14,17)(H2,15,16,18,19). The molecule has 0 saturated heterocycles. The van der Waals surface area contributed by atoms with Gasteiger partial charge in [0.2, 0.25) is 5.43 Å². The maximum atomic E-state index is 11.9. The number of nitrogens with one attached hydrogen (secondary N) is 3. The van der Waals surface area contributed by atoms with Crippen molar-refractivity contribution in [2.24, 2.45) is 0 Å². The van der Waals surface area contributed by atoms with Crippen LogP contribution < -0.4 is 16.7 Å². The molecule has 3 aromatic rings. The van der Waals surface area contributed by atoms with Crippen molar-refractivity contribution in [2.45, 2.75) is 0 Å². The molecule has 3 rings (SSSR count). The monoisotopic (exact) mass is 255 g/mol. The summed E-state index contributed by atoms with van der Waals surface area (Å²) in [6.45, 7) is 0. The first-order valence-corrected chi connectivity index (χ1v) is 5.60. The maximum Gasteiger partial charge on any atom is 0.326 e. The average Bonchev–Trinajstić information content (AvgIpc) is 2.41. The van der Waals surface area contributed by atoms with Crippen LogP contribution in [0.3, 0.4) is 0 Å². The fourth-order valence-electron chi connectivity index (χ4n) is 1.94. The highest BCUT2D eigenvalue weighted by Crippen LogP contribution is 2.15. The van der Waals surface area contributed by atoms with Crippen molar-refractivity contribution < 1.29 is 0 Å². The Balaban J connectivity index is 2.41. The van der Waals surface area contributed by atoms with Crippen LogP contribution in [0.4, 0.5) is 0 Å². The summed E-state index contributed by atoms with van der Waals surface area (Å²) in [6, 6.07) is 10.5. The van der Waals surface area contributed by atoms with Gasteiger partial charge in [0, 0.05) is 11.8 Å². The molecule has 0 amide bonds. The van der Waals surface area contributed by atoms with E-state index in [-0.39, 0.29) is 11.0 Å². The van der Waals surface area contributed by atoms with Crippen LogP contribution in [-0.4, -0.2) is 15.0 Å². The average molecular weight is 255 g/mol. The van der Waals surface area contributed by atoms with Crippen molar-refractivity contribution in [3.05, 3.63) is 67.5 Å². The highest BCUT2D eigenvalue weighted by molar-refractivity contribution is 5.76. The van der Waals surface area contributed by atoms with Crippen molar-refractivity contribution in [3.63, 3.8) is 0 Å². The van der Waals surface area contributed by atoms with Crippen LogP contribution in [0.2, 0.25) is 0 Å². The Bertz CT molecular complexity index is 920. The lowest BCUT2D eigenvalue weighted by Gasteiger charge is -2.03. The van der Waals surface area contributed by atoms with Gasteiger partial charge in [-0.15, -0.1) is 0 Å². The largest absolute Gasteiger partial charge is 0.349 e. The lowest BCUT2D eigenvalue weighted by molar-refractivity contribution is 1.06. The summed E-state index contributed by atoms with van der Waals surface area (Å²) in [5, 5.41) is 0. The van der Waals surface area contributed by atoms with Crippen LogP contribution in [0.25, 0.3) is 22.3 Å². The number of hydrogen-bond acceptors (Lipinski definition) is 3. The Morgan fingerprint density at radius 3 is 2.26 bits per heavy atom.